The van der Waals surface area contributed by atoms with Crippen molar-refractivity contribution in [3.05, 3.63) is 41.7 Å². The van der Waals surface area contributed by atoms with Gasteiger partial charge in [-0.2, -0.15) is 5.10 Å². The molecular formula is C13H16N4O3S. The van der Waals surface area contributed by atoms with Gasteiger partial charge in [-0.3, -0.25) is 9.89 Å². The summed E-state index contributed by atoms with van der Waals surface area (Å²) in [5.41, 5.74) is 2.15. The Morgan fingerprint density at radius 3 is 2.48 bits per heavy atom. The predicted octanol–water partition coefficient (Wildman–Crippen LogP) is 1.16. The Balaban J connectivity index is 2.08. The van der Waals surface area contributed by atoms with Gasteiger partial charge in [0.25, 0.3) is 0 Å². The van der Waals surface area contributed by atoms with Crippen molar-refractivity contribution in [1.82, 2.24) is 14.9 Å². The van der Waals surface area contributed by atoms with E-state index in [0.29, 0.717) is 5.69 Å². The highest BCUT2D eigenvalue weighted by molar-refractivity contribution is 7.89. The topological polar surface area (TPSA) is 104 Å². The lowest BCUT2D eigenvalue weighted by Crippen LogP contribution is -2.23. The number of anilines is 1. The summed E-state index contributed by atoms with van der Waals surface area (Å²) in [5, 5.41) is 9.16. The molecule has 21 heavy (non-hydrogen) atoms. The van der Waals surface area contributed by atoms with Crippen LogP contribution in [-0.4, -0.2) is 24.5 Å². The zero-order valence-corrected chi connectivity index (χ0v) is 12.5. The van der Waals surface area contributed by atoms with Crippen molar-refractivity contribution < 1.29 is 13.2 Å². The van der Waals surface area contributed by atoms with E-state index in [4.69, 9.17) is 0 Å². The van der Waals surface area contributed by atoms with Crippen molar-refractivity contribution in [3.8, 4) is 0 Å². The van der Waals surface area contributed by atoms with E-state index in [1.807, 2.05) is 6.92 Å². The van der Waals surface area contributed by atoms with Crippen molar-refractivity contribution >= 4 is 21.6 Å². The van der Waals surface area contributed by atoms with Gasteiger partial charge in [-0.05, 0) is 31.2 Å². The van der Waals surface area contributed by atoms with E-state index < -0.39 is 10.0 Å². The molecule has 0 aliphatic heterocycles. The van der Waals surface area contributed by atoms with Gasteiger partial charge in [0.1, 0.15) is 0 Å². The second kappa shape index (κ2) is 6.06. The van der Waals surface area contributed by atoms with Crippen LogP contribution in [0.15, 0.2) is 35.4 Å². The third-order valence-electron chi connectivity index (χ3n) is 2.87. The molecule has 1 heterocycles. The van der Waals surface area contributed by atoms with Crippen LogP contribution in [0.2, 0.25) is 0 Å². The quantitative estimate of drug-likeness (QED) is 0.771. The Morgan fingerprint density at radius 2 is 1.95 bits per heavy atom. The summed E-state index contributed by atoms with van der Waals surface area (Å²) in [7, 11) is -3.60. The van der Waals surface area contributed by atoms with Crippen LogP contribution in [-0.2, 0) is 21.4 Å². The minimum Gasteiger partial charge on any atom is -0.326 e. The first kappa shape index (κ1) is 15.2. The number of rotatable bonds is 5. The number of carbonyl (C=O) groups is 1. The molecule has 0 bridgehead atoms. The van der Waals surface area contributed by atoms with E-state index in [-0.39, 0.29) is 17.3 Å². The third kappa shape index (κ3) is 3.89. The summed E-state index contributed by atoms with van der Waals surface area (Å²) < 4.78 is 26.8. The average Bonchev–Trinajstić information content (AvgIpc) is 2.82. The van der Waals surface area contributed by atoms with Crippen molar-refractivity contribution in [2.75, 3.05) is 5.32 Å². The first-order valence-corrected chi connectivity index (χ1v) is 7.73. The summed E-state index contributed by atoms with van der Waals surface area (Å²) in [5.74, 6) is -0.209. The number of hydrogen-bond donors (Lipinski definition) is 3. The number of aromatic nitrogens is 2. The van der Waals surface area contributed by atoms with Crippen molar-refractivity contribution in [1.29, 1.82) is 0 Å². The maximum atomic E-state index is 12.1. The minimum atomic E-state index is -3.60. The van der Waals surface area contributed by atoms with Gasteiger partial charge in [0.05, 0.1) is 11.1 Å². The van der Waals surface area contributed by atoms with Crippen LogP contribution in [0.25, 0.3) is 0 Å². The molecule has 2 rings (SSSR count). The number of nitrogens with one attached hydrogen (secondary N) is 3. The Bertz CT molecular complexity index is 735. The smallest absolute Gasteiger partial charge is 0.240 e. The SMILES string of the molecule is CC(=O)Nc1ccc(S(=O)(=O)NCc2cn[nH]c2C)cc1. The number of nitrogens with zero attached hydrogens (tertiary/aromatic N) is 1. The van der Waals surface area contributed by atoms with Crippen LogP contribution in [0.1, 0.15) is 18.2 Å². The average molecular weight is 308 g/mol. The second-order valence-electron chi connectivity index (χ2n) is 4.55. The molecule has 0 saturated heterocycles. The van der Waals surface area contributed by atoms with Crippen molar-refractivity contribution in [2.24, 2.45) is 0 Å². The molecule has 0 radical (unpaired) electrons. The number of sulfonamides is 1. The van der Waals surface area contributed by atoms with Crippen LogP contribution in [0.3, 0.4) is 0 Å². The number of aromatic amines is 1. The van der Waals surface area contributed by atoms with Crippen LogP contribution in [0.4, 0.5) is 5.69 Å². The molecule has 0 spiro atoms. The first-order chi connectivity index (χ1) is 9.88. The molecule has 0 aliphatic rings. The highest BCUT2D eigenvalue weighted by atomic mass is 32.2. The molecule has 0 aliphatic carbocycles. The molecule has 1 aromatic carbocycles. The summed E-state index contributed by atoms with van der Waals surface area (Å²) in [6.07, 6.45) is 1.58. The molecule has 0 atom stereocenters. The largest absolute Gasteiger partial charge is 0.326 e. The fourth-order valence-corrected chi connectivity index (χ4v) is 2.74. The van der Waals surface area contributed by atoms with Gasteiger partial charge in [-0.15, -0.1) is 0 Å². The fourth-order valence-electron chi connectivity index (χ4n) is 1.73. The molecule has 0 unspecified atom stereocenters. The number of carbonyl (C=O) groups excluding carboxylic acids is 1. The number of benzene rings is 1. The van der Waals surface area contributed by atoms with Crippen molar-refractivity contribution in [2.45, 2.75) is 25.3 Å². The fraction of sp³-hybridized carbons (Fsp3) is 0.231. The molecule has 3 N–H and O–H groups in total. The highest BCUT2D eigenvalue weighted by Gasteiger charge is 2.14. The van der Waals surface area contributed by atoms with E-state index in [9.17, 15) is 13.2 Å². The molecule has 7 nitrogen and oxygen atoms in total. The van der Waals surface area contributed by atoms with Crippen LogP contribution >= 0.6 is 0 Å². The van der Waals surface area contributed by atoms with Gasteiger partial charge < -0.3 is 5.32 Å². The number of amides is 1. The Hall–Kier alpha value is -2.19. The Labute approximate surface area is 122 Å². The summed E-state index contributed by atoms with van der Waals surface area (Å²) >= 11 is 0. The zero-order valence-electron chi connectivity index (χ0n) is 11.7. The number of aryl methyl sites for hydroxylation is 1. The summed E-state index contributed by atoms with van der Waals surface area (Å²) in [6, 6.07) is 5.96. The predicted molar refractivity (Wildman–Crippen MR) is 78.1 cm³/mol. The third-order valence-corrected chi connectivity index (χ3v) is 4.29. The van der Waals surface area contributed by atoms with E-state index in [0.717, 1.165) is 11.3 Å². The zero-order chi connectivity index (χ0) is 15.5. The highest BCUT2D eigenvalue weighted by Crippen LogP contribution is 2.14. The van der Waals surface area contributed by atoms with Crippen LogP contribution in [0, 0.1) is 6.92 Å². The Kier molecular flexibility index (Phi) is 4.39. The minimum absolute atomic E-state index is 0.137. The van der Waals surface area contributed by atoms with E-state index in [2.05, 4.69) is 20.2 Å². The molecule has 0 saturated carbocycles. The maximum absolute atomic E-state index is 12.1. The molecule has 1 aromatic heterocycles. The normalized spacial score (nSPS) is 11.3. The van der Waals surface area contributed by atoms with Gasteiger partial charge in [-0.25, -0.2) is 13.1 Å². The second-order valence-corrected chi connectivity index (χ2v) is 6.32. The lowest BCUT2D eigenvalue weighted by molar-refractivity contribution is -0.114. The van der Waals surface area contributed by atoms with Crippen LogP contribution in [0.5, 0.6) is 0 Å². The van der Waals surface area contributed by atoms with E-state index >= 15 is 0 Å². The molecule has 0 fully saturated rings. The lowest BCUT2D eigenvalue weighted by Gasteiger charge is -2.07. The summed E-state index contributed by atoms with van der Waals surface area (Å²) in [6.45, 7) is 3.37. The van der Waals surface area contributed by atoms with Gasteiger partial charge in [0.15, 0.2) is 0 Å². The molecular weight excluding hydrogens is 292 g/mol. The van der Waals surface area contributed by atoms with Crippen molar-refractivity contribution in [3.63, 3.8) is 0 Å². The first-order valence-electron chi connectivity index (χ1n) is 6.24. The van der Waals surface area contributed by atoms with E-state index in [1.54, 1.807) is 18.3 Å². The molecule has 8 heteroatoms. The van der Waals surface area contributed by atoms with Gasteiger partial charge in [-0.1, -0.05) is 0 Å². The molecule has 2 aromatic rings. The monoisotopic (exact) mass is 308 g/mol. The lowest BCUT2D eigenvalue weighted by atomic mass is 10.3. The molecule has 112 valence electrons. The van der Waals surface area contributed by atoms with Crippen LogP contribution < -0.4 is 10.0 Å². The molecule has 1 amide bonds. The Morgan fingerprint density at radius 1 is 1.29 bits per heavy atom. The van der Waals surface area contributed by atoms with Gasteiger partial charge in [0.2, 0.25) is 15.9 Å². The maximum Gasteiger partial charge on any atom is 0.240 e. The number of H-pyrrole nitrogens is 1. The summed E-state index contributed by atoms with van der Waals surface area (Å²) in [4.78, 5) is 11.0. The van der Waals surface area contributed by atoms with Gasteiger partial charge >= 0.3 is 0 Å². The number of hydrogen-bond acceptors (Lipinski definition) is 4. The van der Waals surface area contributed by atoms with Gasteiger partial charge in [0, 0.05) is 30.4 Å². The van der Waals surface area contributed by atoms with E-state index in [1.165, 1.54) is 19.1 Å². The standard InChI is InChI=1S/C13H16N4O3S/c1-9-11(7-14-17-9)8-15-21(19,20)13-5-3-12(4-6-13)16-10(2)18/h3-7,15H,8H2,1-2H3,(H,14,17)(H,16,18).